The Morgan fingerprint density at radius 1 is 1.37 bits per heavy atom. The summed E-state index contributed by atoms with van der Waals surface area (Å²) in [7, 11) is 0. The highest BCUT2D eigenvalue weighted by molar-refractivity contribution is 9.10. The van der Waals surface area contributed by atoms with E-state index in [9.17, 15) is 0 Å². The fourth-order valence-electron chi connectivity index (χ4n) is 2.72. The molecule has 2 rings (SSSR count). The molecule has 1 aromatic rings. The SMILES string of the molecule is CCC1CCC(Nc2ccc(C(N)=S)cc2Br)CC1. The van der Waals surface area contributed by atoms with E-state index >= 15 is 0 Å². The second-order valence-electron chi connectivity index (χ2n) is 5.33. The highest BCUT2D eigenvalue weighted by Gasteiger charge is 2.20. The van der Waals surface area contributed by atoms with Gasteiger partial charge < -0.3 is 11.1 Å². The minimum absolute atomic E-state index is 0.440. The first-order chi connectivity index (χ1) is 9.10. The van der Waals surface area contributed by atoms with Crippen molar-refractivity contribution in [2.75, 3.05) is 5.32 Å². The molecule has 1 saturated carbocycles. The lowest BCUT2D eigenvalue weighted by atomic mass is 9.84. The van der Waals surface area contributed by atoms with E-state index in [1.165, 1.54) is 32.1 Å². The van der Waals surface area contributed by atoms with Crippen LogP contribution < -0.4 is 11.1 Å². The van der Waals surface area contributed by atoms with E-state index in [0.717, 1.165) is 21.6 Å². The van der Waals surface area contributed by atoms with Crippen molar-refractivity contribution >= 4 is 38.8 Å². The summed E-state index contributed by atoms with van der Waals surface area (Å²) in [5.41, 5.74) is 7.68. The summed E-state index contributed by atoms with van der Waals surface area (Å²) in [5, 5.41) is 3.63. The van der Waals surface area contributed by atoms with E-state index in [1.807, 2.05) is 12.1 Å². The molecule has 0 atom stereocenters. The van der Waals surface area contributed by atoms with Crippen LogP contribution in [-0.4, -0.2) is 11.0 Å². The number of benzene rings is 1. The third-order valence-corrected chi connectivity index (χ3v) is 4.93. The maximum Gasteiger partial charge on any atom is 0.104 e. The summed E-state index contributed by atoms with van der Waals surface area (Å²) in [6, 6.07) is 6.62. The molecule has 0 spiro atoms. The fourth-order valence-corrected chi connectivity index (χ4v) is 3.34. The summed E-state index contributed by atoms with van der Waals surface area (Å²) < 4.78 is 1.04. The number of thiocarbonyl (C=S) groups is 1. The van der Waals surface area contributed by atoms with Crippen LogP contribution in [0.15, 0.2) is 22.7 Å². The normalized spacial score (nSPS) is 23.1. The van der Waals surface area contributed by atoms with Gasteiger partial charge in [-0.15, -0.1) is 0 Å². The molecule has 104 valence electrons. The molecule has 4 heteroatoms. The van der Waals surface area contributed by atoms with Crippen LogP contribution in [0.2, 0.25) is 0 Å². The van der Waals surface area contributed by atoms with Crippen LogP contribution in [0.25, 0.3) is 0 Å². The summed E-state index contributed by atoms with van der Waals surface area (Å²) in [6.07, 6.45) is 6.54. The first kappa shape index (κ1) is 14.8. The number of nitrogens with two attached hydrogens (primary N) is 1. The molecule has 3 N–H and O–H groups in total. The maximum atomic E-state index is 5.64. The van der Waals surface area contributed by atoms with Crippen molar-refractivity contribution in [3.05, 3.63) is 28.2 Å². The molecule has 1 aliphatic rings. The lowest BCUT2D eigenvalue weighted by molar-refractivity contribution is 0.330. The van der Waals surface area contributed by atoms with E-state index in [-0.39, 0.29) is 0 Å². The average Bonchev–Trinajstić information content (AvgIpc) is 2.41. The number of hydrogen-bond acceptors (Lipinski definition) is 2. The second-order valence-corrected chi connectivity index (χ2v) is 6.62. The molecule has 0 heterocycles. The van der Waals surface area contributed by atoms with E-state index in [0.29, 0.717) is 11.0 Å². The Hall–Kier alpha value is -0.610. The third kappa shape index (κ3) is 3.93. The highest BCUT2D eigenvalue weighted by atomic mass is 79.9. The zero-order chi connectivity index (χ0) is 13.8. The van der Waals surface area contributed by atoms with Gasteiger partial charge in [-0.2, -0.15) is 0 Å². The van der Waals surface area contributed by atoms with Crippen molar-refractivity contribution in [1.29, 1.82) is 0 Å². The first-order valence-corrected chi connectivity index (χ1v) is 8.16. The quantitative estimate of drug-likeness (QED) is 0.794. The molecule has 0 amide bonds. The Morgan fingerprint density at radius 3 is 2.58 bits per heavy atom. The number of rotatable bonds is 4. The molecule has 1 fully saturated rings. The van der Waals surface area contributed by atoms with Gasteiger partial charge in [0.1, 0.15) is 4.99 Å². The van der Waals surface area contributed by atoms with Crippen molar-refractivity contribution in [2.45, 2.75) is 45.1 Å². The van der Waals surface area contributed by atoms with Gasteiger partial charge in [-0.3, -0.25) is 0 Å². The van der Waals surface area contributed by atoms with Gasteiger partial charge >= 0.3 is 0 Å². The molecule has 1 aromatic carbocycles. The van der Waals surface area contributed by atoms with Crippen molar-refractivity contribution < 1.29 is 0 Å². The van der Waals surface area contributed by atoms with Gasteiger partial charge in [0.15, 0.2) is 0 Å². The van der Waals surface area contributed by atoms with Gasteiger partial charge in [0.25, 0.3) is 0 Å². The standard InChI is InChI=1S/C15H21BrN2S/c1-2-10-3-6-12(7-4-10)18-14-8-5-11(15(17)19)9-13(14)16/h5,8-10,12,18H,2-4,6-7H2,1H3,(H2,17,19). The van der Waals surface area contributed by atoms with Crippen LogP contribution >= 0.6 is 28.1 Å². The molecule has 19 heavy (non-hydrogen) atoms. The summed E-state index contributed by atoms with van der Waals surface area (Å²) in [4.78, 5) is 0.440. The van der Waals surface area contributed by atoms with Crippen LogP contribution in [0, 0.1) is 5.92 Å². The number of nitrogens with one attached hydrogen (secondary N) is 1. The van der Waals surface area contributed by atoms with Crippen molar-refractivity contribution in [3.63, 3.8) is 0 Å². The molecule has 0 radical (unpaired) electrons. The zero-order valence-corrected chi connectivity index (χ0v) is 13.7. The molecule has 0 bridgehead atoms. The first-order valence-electron chi connectivity index (χ1n) is 6.96. The van der Waals surface area contributed by atoms with Crippen LogP contribution in [-0.2, 0) is 0 Å². The average molecular weight is 341 g/mol. The largest absolute Gasteiger partial charge is 0.389 e. The van der Waals surface area contributed by atoms with E-state index in [1.54, 1.807) is 0 Å². The predicted molar refractivity (Wildman–Crippen MR) is 89.7 cm³/mol. The summed E-state index contributed by atoms with van der Waals surface area (Å²) >= 11 is 8.58. The predicted octanol–water partition coefficient (Wildman–Crippen LogP) is 4.46. The minimum atomic E-state index is 0.440. The van der Waals surface area contributed by atoms with Gasteiger partial charge in [-0.25, -0.2) is 0 Å². The zero-order valence-electron chi connectivity index (χ0n) is 11.3. The van der Waals surface area contributed by atoms with Crippen molar-refractivity contribution in [1.82, 2.24) is 0 Å². The molecule has 0 aromatic heterocycles. The Bertz CT molecular complexity index is 453. The fraction of sp³-hybridized carbons (Fsp3) is 0.533. The van der Waals surface area contributed by atoms with Gasteiger partial charge in [0, 0.05) is 21.8 Å². The third-order valence-electron chi connectivity index (χ3n) is 4.04. The summed E-state index contributed by atoms with van der Waals surface area (Å²) in [6.45, 7) is 2.30. The van der Waals surface area contributed by atoms with Crippen LogP contribution in [0.4, 0.5) is 5.69 Å². The molecule has 0 unspecified atom stereocenters. The minimum Gasteiger partial charge on any atom is -0.389 e. The molecule has 2 nitrogen and oxygen atoms in total. The number of halogens is 1. The van der Waals surface area contributed by atoms with E-state index in [2.05, 4.69) is 34.2 Å². The Kier molecular flexibility index (Phi) is 5.22. The topological polar surface area (TPSA) is 38.0 Å². The lowest BCUT2D eigenvalue weighted by Gasteiger charge is -2.29. The van der Waals surface area contributed by atoms with Crippen LogP contribution in [0.3, 0.4) is 0 Å². The number of hydrogen-bond donors (Lipinski definition) is 2. The smallest absolute Gasteiger partial charge is 0.104 e. The monoisotopic (exact) mass is 340 g/mol. The Balaban J connectivity index is 1.98. The van der Waals surface area contributed by atoms with E-state index in [4.69, 9.17) is 18.0 Å². The van der Waals surface area contributed by atoms with Gasteiger partial charge in [-0.1, -0.05) is 25.6 Å². The maximum absolute atomic E-state index is 5.64. The van der Waals surface area contributed by atoms with E-state index < -0.39 is 0 Å². The van der Waals surface area contributed by atoms with Crippen molar-refractivity contribution in [3.8, 4) is 0 Å². The Labute approximate surface area is 129 Å². The van der Waals surface area contributed by atoms with Crippen molar-refractivity contribution in [2.24, 2.45) is 11.7 Å². The molecular formula is C15H21BrN2S. The molecule has 1 aliphatic carbocycles. The molecule has 0 saturated heterocycles. The Morgan fingerprint density at radius 2 is 2.05 bits per heavy atom. The van der Waals surface area contributed by atoms with Crippen LogP contribution in [0.5, 0.6) is 0 Å². The molecule has 0 aliphatic heterocycles. The second kappa shape index (κ2) is 6.71. The van der Waals surface area contributed by atoms with Gasteiger partial charge in [-0.05, 0) is 65.7 Å². The number of anilines is 1. The lowest BCUT2D eigenvalue weighted by Crippen LogP contribution is -2.26. The summed E-state index contributed by atoms with van der Waals surface area (Å²) in [5.74, 6) is 0.929. The molecular weight excluding hydrogens is 320 g/mol. The van der Waals surface area contributed by atoms with Gasteiger partial charge in [0.2, 0.25) is 0 Å². The highest BCUT2D eigenvalue weighted by Crippen LogP contribution is 2.31. The van der Waals surface area contributed by atoms with Crippen LogP contribution in [0.1, 0.15) is 44.6 Å². The van der Waals surface area contributed by atoms with Gasteiger partial charge in [0.05, 0.1) is 0 Å².